The molecule has 1 heterocycles. The first kappa shape index (κ1) is 16.2. The number of nitrogens with zero attached hydrogens (tertiary/aromatic N) is 2. The lowest BCUT2D eigenvalue weighted by molar-refractivity contribution is -0.138. The average Bonchev–Trinajstić information content (AvgIpc) is 3.02. The maximum atomic E-state index is 11.1. The van der Waals surface area contributed by atoms with Gasteiger partial charge in [-0.05, 0) is 42.8 Å². The van der Waals surface area contributed by atoms with Crippen molar-refractivity contribution in [2.24, 2.45) is 0 Å². The maximum Gasteiger partial charge on any atom is 0.326 e. The summed E-state index contributed by atoms with van der Waals surface area (Å²) in [6.07, 6.45) is 4.02. The molecule has 0 aliphatic rings. The lowest BCUT2D eigenvalue weighted by Crippen LogP contribution is -2.35. The number of hydrogen-bond donors (Lipinski definition) is 1. The number of benzene rings is 2. The molecule has 122 valence electrons. The smallest absolute Gasteiger partial charge is 0.326 e. The summed E-state index contributed by atoms with van der Waals surface area (Å²) in [5.41, 5.74) is 2.94. The van der Waals surface area contributed by atoms with Crippen molar-refractivity contribution >= 4 is 45.4 Å². The molecule has 3 rings (SSSR count). The van der Waals surface area contributed by atoms with Crippen molar-refractivity contribution in [2.45, 2.75) is 13.0 Å². The molecule has 1 unspecified atom stereocenters. The Labute approximate surface area is 144 Å². The third kappa shape index (κ3) is 3.46. The van der Waals surface area contributed by atoms with Crippen LogP contribution in [-0.2, 0) is 4.79 Å². The third-order valence-corrected chi connectivity index (χ3v) is 4.97. The van der Waals surface area contributed by atoms with Gasteiger partial charge in [0.2, 0.25) is 0 Å². The minimum absolute atomic E-state index is 0.561. The molecule has 0 bridgehead atoms. The van der Waals surface area contributed by atoms with Gasteiger partial charge in [0.05, 0.1) is 10.2 Å². The fourth-order valence-corrected chi connectivity index (χ4v) is 3.21. The monoisotopic (exact) mass is 338 g/mol. The summed E-state index contributed by atoms with van der Waals surface area (Å²) >= 11 is 1.66. The van der Waals surface area contributed by atoms with Crippen LogP contribution in [0.2, 0.25) is 0 Å². The van der Waals surface area contributed by atoms with E-state index < -0.39 is 12.0 Å². The van der Waals surface area contributed by atoms with E-state index in [9.17, 15) is 4.79 Å². The second-order valence-electron chi connectivity index (χ2n) is 5.57. The number of likely N-dealkylation sites (N-methyl/N-ethyl adjacent to an activating group) is 1. The van der Waals surface area contributed by atoms with Crippen LogP contribution in [0.1, 0.15) is 17.5 Å². The Kier molecular flexibility index (Phi) is 4.62. The summed E-state index contributed by atoms with van der Waals surface area (Å²) in [6.45, 7) is 1.67. The van der Waals surface area contributed by atoms with Gasteiger partial charge in [-0.3, -0.25) is 0 Å². The summed E-state index contributed by atoms with van der Waals surface area (Å²) in [6, 6.07) is 15.3. The standard InChI is InChI=1S/C19H18N2O2S/c1-13(19(22)23)21(2)15-10-7-14(8-11-15)9-12-18-20-16-5-3-4-6-17(16)24-18/h3-13H,1-2H3,(H,22,23). The fourth-order valence-electron chi connectivity index (χ4n) is 2.34. The molecule has 0 aliphatic heterocycles. The number of aliphatic carboxylic acids is 1. The molecule has 0 aliphatic carbocycles. The molecular weight excluding hydrogens is 320 g/mol. The molecule has 2 aromatic carbocycles. The van der Waals surface area contributed by atoms with Crippen LogP contribution in [-0.4, -0.2) is 29.1 Å². The molecule has 4 nitrogen and oxygen atoms in total. The van der Waals surface area contributed by atoms with E-state index in [2.05, 4.69) is 11.1 Å². The molecule has 0 radical (unpaired) electrons. The zero-order chi connectivity index (χ0) is 17.1. The van der Waals surface area contributed by atoms with Crippen LogP contribution >= 0.6 is 11.3 Å². The normalized spacial score (nSPS) is 12.6. The highest BCUT2D eigenvalue weighted by atomic mass is 32.1. The van der Waals surface area contributed by atoms with Gasteiger partial charge < -0.3 is 10.0 Å². The minimum atomic E-state index is -0.836. The Morgan fingerprint density at radius 3 is 2.54 bits per heavy atom. The Hall–Kier alpha value is -2.66. The first-order valence-corrected chi connectivity index (χ1v) is 8.45. The minimum Gasteiger partial charge on any atom is -0.480 e. The second-order valence-corrected chi connectivity index (χ2v) is 6.63. The van der Waals surface area contributed by atoms with Crippen LogP contribution in [0.5, 0.6) is 0 Å². The van der Waals surface area contributed by atoms with E-state index in [4.69, 9.17) is 5.11 Å². The molecule has 24 heavy (non-hydrogen) atoms. The van der Waals surface area contributed by atoms with E-state index in [0.29, 0.717) is 0 Å². The third-order valence-electron chi connectivity index (χ3n) is 3.97. The maximum absolute atomic E-state index is 11.1. The number of rotatable bonds is 5. The molecule has 0 amide bonds. The van der Waals surface area contributed by atoms with Crippen LogP contribution in [0.25, 0.3) is 22.4 Å². The van der Waals surface area contributed by atoms with Gasteiger partial charge in [0, 0.05) is 12.7 Å². The molecule has 0 spiro atoms. The Bertz CT molecular complexity index is 851. The summed E-state index contributed by atoms with van der Waals surface area (Å²) in [4.78, 5) is 17.4. The van der Waals surface area contributed by atoms with Gasteiger partial charge in [-0.25, -0.2) is 9.78 Å². The Morgan fingerprint density at radius 2 is 1.88 bits per heavy atom. The van der Waals surface area contributed by atoms with E-state index in [-0.39, 0.29) is 0 Å². The van der Waals surface area contributed by atoms with Gasteiger partial charge in [0.1, 0.15) is 11.0 Å². The zero-order valence-corrected chi connectivity index (χ0v) is 14.3. The van der Waals surface area contributed by atoms with Crippen molar-refractivity contribution in [3.05, 3.63) is 59.1 Å². The van der Waals surface area contributed by atoms with Crippen molar-refractivity contribution in [3.63, 3.8) is 0 Å². The van der Waals surface area contributed by atoms with E-state index in [0.717, 1.165) is 21.8 Å². The number of thiazole rings is 1. The number of fused-ring (bicyclic) bond motifs is 1. The van der Waals surface area contributed by atoms with Crippen LogP contribution in [0.3, 0.4) is 0 Å². The zero-order valence-electron chi connectivity index (χ0n) is 13.5. The molecule has 5 heteroatoms. The molecule has 0 saturated heterocycles. The molecule has 1 atom stereocenters. The van der Waals surface area contributed by atoms with E-state index in [1.54, 1.807) is 30.2 Å². The summed E-state index contributed by atoms with van der Waals surface area (Å²) in [5.74, 6) is -0.836. The summed E-state index contributed by atoms with van der Waals surface area (Å²) in [5, 5.41) is 10.0. The number of hydrogen-bond acceptors (Lipinski definition) is 4. The van der Waals surface area contributed by atoms with Crippen LogP contribution < -0.4 is 4.90 Å². The number of carboxylic acid groups (broad SMARTS) is 1. The van der Waals surface area contributed by atoms with Crippen LogP contribution in [0.15, 0.2) is 48.5 Å². The van der Waals surface area contributed by atoms with Gasteiger partial charge in [0.15, 0.2) is 0 Å². The largest absolute Gasteiger partial charge is 0.480 e. The fraction of sp³-hybridized carbons (Fsp3) is 0.158. The number of anilines is 1. The highest BCUT2D eigenvalue weighted by Gasteiger charge is 2.16. The van der Waals surface area contributed by atoms with E-state index in [1.165, 1.54) is 4.70 Å². The van der Waals surface area contributed by atoms with Gasteiger partial charge in [-0.1, -0.05) is 30.3 Å². The molecule has 0 fully saturated rings. The number of para-hydroxylation sites is 1. The molecule has 3 aromatic rings. The highest BCUT2D eigenvalue weighted by Crippen LogP contribution is 2.23. The quantitative estimate of drug-likeness (QED) is 0.750. The Balaban J connectivity index is 1.75. The van der Waals surface area contributed by atoms with Gasteiger partial charge in [0.25, 0.3) is 0 Å². The second kappa shape index (κ2) is 6.84. The predicted octanol–water partition coefficient (Wildman–Crippen LogP) is 4.38. The highest BCUT2D eigenvalue weighted by molar-refractivity contribution is 7.19. The first-order valence-electron chi connectivity index (χ1n) is 7.64. The van der Waals surface area contributed by atoms with E-state index in [1.807, 2.05) is 54.6 Å². The van der Waals surface area contributed by atoms with Gasteiger partial charge in [-0.2, -0.15) is 0 Å². The molecular formula is C19H18N2O2S. The molecule has 1 aromatic heterocycles. The summed E-state index contributed by atoms with van der Waals surface area (Å²) < 4.78 is 1.18. The van der Waals surface area contributed by atoms with Crippen molar-refractivity contribution < 1.29 is 9.90 Å². The predicted molar refractivity (Wildman–Crippen MR) is 100 cm³/mol. The molecule has 0 saturated carbocycles. The number of aromatic nitrogens is 1. The topological polar surface area (TPSA) is 53.4 Å². The van der Waals surface area contributed by atoms with Crippen molar-refractivity contribution in [3.8, 4) is 0 Å². The van der Waals surface area contributed by atoms with Crippen molar-refractivity contribution in [1.29, 1.82) is 0 Å². The van der Waals surface area contributed by atoms with Gasteiger partial charge >= 0.3 is 5.97 Å². The average molecular weight is 338 g/mol. The Morgan fingerprint density at radius 1 is 1.17 bits per heavy atom. The number of carboxylic acids is 1. The van der Waals surface area contributed by atoms with Crippen LogP contribution in [0, 0.1) is 0 Å². The van der Waals surface area contributed by atoms with Crippen LogP contribution in [0.4, 0.5) is 5.69 Å². The molecule has 1 N–H and O–H groups in total. The SMILES string of the molecule is CC(C(=O)O)N(C)c1ccc(C=Cc2nc3ccccc3s2)cc1. The lowest BCUT2D eigenvalue weighted by atomic mass is 10.1. The first-order chi connectivity index (χ1) is 11.5. The van der Waals surface area contributed by atoms with Gasteiger partial charge in [-0.15, -0.1) is 11.3 Å². The van der Waals surface area contributed by atoms with Crippen molar-refractivity contribution in [1.82, 2.24) is 4.98 Å². The summed E-state index contributed by atoms with van der Waals surface area (Å²) in [7, 11) is 1.78. The van der Waals surface area contributed by atoms with E-state index >= 15 is 0 Å². The van der Waals surface area contributed by atoms with Crippen molar-refractivity contribution in [2.75, 3.05) is 11.9 Å². The number of carbonyl (C=O) groups is 1. The lowest BCUT2D eigenvalue weighted by Gasteiger charge is -2.23.